The minimum Gasteiger partial charge on any atom is -0.317 e. The molecule has 0 saturated carbocycles. The molecular weight excluding hydrogens is 212 g/mol. The van der Waals surface area contributed by atoms with Gasteiger partial charge in [0.1, 0.15) is 0 Å². The van der Waals surface area contributed by atoms with Crippen LogP contribution in [0.15, 0.2) is 0 Å². The lowest BCUT2D eigenvalue weighted by atomic mass is 10.0. The van der Waals surface area contributed by atoms with Crippen LogP contribution in [0.1, 0.15) is 25.7 Å². The fourth-order valence-corrected chi connectivity index (χ4v) is 4.37. The Labute approximate surface area is 92.1 Å². The van der Waals surface area contributed by atoms with Crippen molar-refractivity contribution in [1.29, 1.82) is 0 Å². The monoisotopic (exact) mass is 232 g/mol. The minimum atomic E-state index is -2.95. The quantitative estimate of drug-likeness (QED) is 0.767. The van der Waals surface area contributed by atoms with Crippen molar-refractivity contribution in [3.63, 3.8) is 0 Å². The number of hydrogen-bond acceptors (Lipinski definition) is 3. The molecule has 0 aromatic carbocycles. The molecule has 4 nitrogen and oxygen atoms in total. The van der Waals surface area contributed by atoms with Gasteiger partial charge in [0.2, 0.25) is 10.0 Å². The molecule has 0 aliphatic carbocycles. The molecule has 0 radical (unpaired) electrons. The Balaban J connectivity index is 1.90. The lowest BCUT2D eigenvalue weighted by Crippen LogP contribution is -2.37. The zero-order chi connectivity index (χ0) is 10.7. The van der Waals surface area contributed by atoms with Gasteiger partial charge in [0.05, 0.1) is 5.75 Å². The SMILES string of the molecule is O=S(=O)(CC1CCNCC1)N1CCCC1. The number of rotatable bonds is 3. The fraction of sp³-hybridized carbons (Fsp3) is 1.00. The highest BCUT2D eigenvalue weighted by Crippen LogP contribution is 2.19. The summed E-state index contributed by atoms with van der Waals surface area (Å²) in [5, 5.41) is 3.26. The van der Waals surface area contributed by atoms with Crippen LogP contribution in [0.3, 0.4) is 0 Å². The van der Waals surface area contributed by atoms with E-state index >= 15 is 0 Å². The van der Waals surface area contributed by atoms with Gasteiger partial charge in [-0.2, -0.15) is 0 Å². The molecule has 0 atom stereocenters. The molecule has 0 bridgehead atoms. The van der Waals surface area contributed by atoms with Gasteiger partial charge in [-0.1, -0.05) is 0 Å². The third kappa shape index (κ3) is 2.92. The summed E-state index contributed by atoms with van der Waals surface area (Å²) in [6.45, 7) is 3.43. The van der Waals surface area contributed by atoms with Crippen molar-refractivity contribution in [3.05, 3.63) is 0 Å². The Morgan fingerprint density at radius 1 is 1.13 bits per heavy atom. The van der Waals surface area contributed by atoms with Crippen molar-refractivity contribution in [1.82, 2.24) is 9.62 Å². The topological polar surface area (TPSA) is 49.4 Å². The van der Waals surface area contributed by atoms with Crippen LogP contribution < -0.4 is 5.32 Å². The van der Waals surface area contributed by atoms with Gasteiger partial charge in [0, 0.05) is 13.1 Å². The number of sulfonamides is 1. The number of nitrogens with zero attached hydrogens (tertiary/aromatic N) is 1. The highest BCUT2D eigenvalue weighted by Gasteiger charge is 2.28. The second kappa shape index (κ2) is 4.80. The van der Waals surface area contributed by atoms with Gasteiger partial charge in [0.25, 0.3) is 0 Å². The maximum Gasteiger partial charge on any atom is 0.214 e. The van der Waals surface area contributed by atoms with E-state index in [1.807, 2.05) is 0 Å². The van der Waals surface area contributed by atoms with E-state index in [0.717, 1.165) is 51.9 Å². The molecule has 88 valence electrons. The lowest BCUT2D eigenvalue weighted by Gasteiger charge is -2.24. The highest BCUT2D eigenvalue weighted by molar-refractivity contribution is 7.89. The van der Waals surface area contributed by atoms with Crippen molar-refractivity contribution in [2.24, 2.45) is 5.92 Å². The van der Waals surface area contributed by atoms with Crippen molar-refractivity contribution < 1.29 is 8.42 Å². The van der Waals surface area contributed by atoms with Crippen LogP contribution in [0.25, 0.3) is 0 Å². The third-order valence-corrected chi connectivity index (χ3v) is 5.41. The van der Waals surface area contributed by atoms with E-state index in [4.69, 9.17) is 0 Å². The minimum absolute atomic E-state index is 0.370. The first-order valence-electron chi connectivity index (χ1n) is 5.87. The first kappa shape index (κ1) is 11.4. The predicted octanol–water partition coefficient (Wildman–Crippen LogP) is 0.412. The second-order valence-corrected chi connectivity index (χ2v) is 6.59. The van der Waals surface area contributed by atoms with Crippen molar-refractivity contribution in [2.45, 2.75) is 25.7 Å². The summed E-state index contributed by atoms with van der Waals surface area (Å²) in [5.41, 5.74) is 0. The highest BCUT2D eigenvalue weighted by atomic mass is 32.2. The van der Waals surface area contributed by atoms with Gasteiger partial charge in [-0.05, 0) is 44.7 Å². The number of hydrogen-bond donors (Lipinski definition) is 1. The standard InChI is InChI=1S/C10H20N2O2S/c13-15(14,12-7-1-2-8-12)9-10-3-5-11-6-4-10/h10-11H,1-9H2. The molecule has 0 amide bonds. The summed E-state index contributed by atoms with van der Waals surface area (Å²) in [7, 11) is -2.95. The largest absolute Gasteiger partial charge is 0.317 e. The van der Waals surface area contributed by atoms with E-state index in [9.17, 15) is 8.42 Å². The first-order chi connectivity index (χ1) is 7.18. The molecule has 0 unspecified atom stereocenters. The van der Waals surface area contributed by atoms with E-state index in [2.05, 4.69) is 5.32 Å². The fourth-order valence-electron chi connectivity index (χ4n) is 2.42. The molecule has 0 spiro atoms. The van der Waals surface area contributed by atoms with Crippen LogP contribution in [-0.2, 0) is 10.0 Å². The lowest BCUT2D eigenvalue weighted by molar-refractivity contribution is 0.390. The average molecular weight is 232 g/mol. The van der Waals surface area contributed by atoms with E-state index < -0.39 is 10.0 Å². The summed E-state index contributed by atoms with van der Waals surface area (Å²) in [6.07, 6.45) is 4.08. The van der Waals surface area contributed by atoms with Gasteiger partial charge >= 0.3 is 0 Å². The van der Waals surface area contributed by atoms with Gasteiger partial charge in [-0.3, -0.25) is 0 Å². The summed E-state index contributed by atoms with van der Waals surface area (Å²) in [6, 6.07) is 0. The molecule has 2 rings (SSSR count). The maximum absolute atomic E-state index is 12.0. The van der Waals surface area contributed by atoms with Crippen LogP contribution in [0, 0.1) is 5.92 Å². The van der Waals surface area contributed by atoms with E-state index in [1.54, 1.807) is 4.31 Å². The Kier molecular flexibility index (Phi) is 3.64. The van der Waals surface area contributed by atoms with E-state index in [-0.39, 0.29) is 0 Å². The first-order valence-corrected chi connectivity index (χ1v) is 7.48. The van der Waals surface area contributed by atoms with Crippen LogP contribution in [0.4, 0.5) is 0 Å². The molecule has 15 heavy (non-hydrogen) atoms. The van der Waals surface area contributed by atoms with Gasteiger partial charge < -0.3 is 5.32 Å². The van der Waals surface area contributed by atoms with Crippen LogP contribution >= 0.6 is 0 Å². The predicted molar refractivity (Wildman–Crippen MR) is 60.2 cm³/mol. The summed E-state index contributed by atoms with van der Waals surface area (Å²) in [4.78, 5) is 0. The smallest absolute Gasteiger partial charge is 0.214 e. The zero-order valence-electron chi connectivity index (χ0n) is 9.11. The van der Waals surface area contributed by atoms with Gasteiger partial charge in [-0.15, -0.1) is 0 Å². The summed E-state index contributed by atoms with van der Waals surface area (Å²) in [5.74, 6) is 0.742. The molecule has 0 aromatic rings. The second-order valence-electron chi connectivity index (χ2n) is 4.58. The van der Waals surface area contributed by atoms with E-state index in [1.165, 1.54) is 0 Å². The van der Waals surface area contributed by atoms with Crippen molar-refractivity contribution in [2.75, 3.05) is 31.9 Å². The van der Waals surface area contributed by atoms with Crippen LogP contribution in [0.5, 0.6) is 0 Å². The Bertz CT molecular complexity index is 291. The molecule has 5 heteroatoms. The summed E-state index contributed by atoms with van der Waals surface area (Å²) >= 11 is 0. The van der Waals surface area contributed by atoms with Gasteiger partial charge in [0.15, 0.2) is 0 Å². The molecule has 2 saturated heterocycles. The molecular formula is C10H20N2O2S. The molecule has 1 N–H and O–H groups in total. The van der Waals surface area contributed by atoms with E-state index in [0.29, 0.717) is 11.7 Å². The Morgan fingerprint density at radius 2 is 1.73 bits per heavy atom. The Morgan fingerprint density at radius 3 is 2.33 bits per heavy atom. The van der Waals surface area contributed by atoms with Crippen LogP contribution in [0.2, 0.25) is 0 Å². The third-order valence-electron chi connectivity index (χ3n) is 3.36. The normalized spacial score (nSPS) is 25.9. The van der Waals surface area contributed by atoms with Crippen molar-refractivity contribution in [3.8, 4) is 0 Å². The van der Waals surface area contributed by atoms with Crippen LogP contribution in [-0.4, -0.2) is 44.7 Å². The number of nitrogens with one attached hydrogen (secondary N) is 1. The zero-order valence-corrected chi connectivity index (χ0v) is 9.93. The molecule has 2 heterocycles. The average Bonchev–Trinajstić information content (AvgIpc) is 2.71. The van der Waals surface area contributed by atoms with Crippen molar-refractivity contribution >= 4 is 10.0 Å². The van der Waals surface area contributed by atoms with Gasteiger partial charge in [-0.25, -0.2) is 12.7 Å². The molecule has 2 fully saturated rings. The Hall–Kier alpha value is -0.130. The number of piperidine rings is 1. The molecule has 0 aromatic heterocycles. The maximum atomic E-state index is 12.0. The summed E-state index contributed by atoms with van der Waals surface area (Å²) < 4.78 is 25.7. The molecule has 2 aliphatic heterocycles. The molecule has 2 aliphatic rings.